The van der Waals surface area contributed by atoms with Gasteiger partial charge in [-0.2, -0.15) is 0 Å². The fourth-order valence-electron chi connectivity index (χ4n) is 3.26. The van der Waals surface area contributed by atoms with Gasteiger partial charge in [0.1, 0.15) is 4.88 Å². The first-order valence-corrected chi connectivity index (χ1v) is 12.1. The minimum absolute atomic E-state index is 0.0745. The largest absolute Gasteiger partial charge is 0.451 e. The number of fused-ring (bicyclic) bond motifs is 1. The van der Waals surface area contributed by atoms with Gasteiger partial charge in [0, 0.05) is 24.7 Å². The lowest BCUT2D eigenvalue weighted by atomic mass is 10.1. The summed E-state index contributed by atoms with van der Waals surface area (Å²) in [5, 5.41) is 2.63. The number of carbonyl (C=O) groups is 2. The number of thiophene rings is 1. The van der Waals surface area contributed by atoms with Crippen LogP contribution in [0.1, 0.15) is 44.9 Å². The average Bonchev–Trinajstić information content (AvgIpc) is 2.98. The highest BCUT2D eigenvalue weighted by Gasteiger charge is 2.20. The Balaban J connectivity index is 1.63. The van der Waals surface area contributed by atoms with Crippen LogP contribution in [-0.2, 0) is 32.4 Å². The van der Waals surface area contributed by atoms with Gasteiger partial charge < -0.3 is 10.1 Å². The zero-order valence-corrected chi connectivity index (χ0v) is 19.0. The Morgan fingerprint density at radius 3 is 2.60 bits per heavy atom. The molecule has 1 amide bonds. The van der Waals surface area contributed by atoms with Crippen LogP contribution in [0, 0.1) is 6.92 Å². The number of nitrogens with zero attached hydrogens (tertiary/aromatic N) is 1. The third-order valence-corrected chi connectivity index (χ3v) is 8.07. The SMILES string of the molecule is Cc1ccc(S(=O)(=O)N(C)C)cc1NC(=O)COC(=O)c1cc2c(s1)CCCCC2. The average molecular weight is 451 g/mol. The number of rotatable bonds is 6. The molecule has 0 radical (unpaired) electrons. The first-order valence-electron chi connectivity index (χ1n) is 9.80. The number of anilines is 1. The molecule has 0 aliphatic heterocycles. The van der Waals surface area contributed by atoms with E-state index >= 15 is 0 Å². The van der Waals surface area contributed by atoms with E-state index in [1.54, 1.807) is 13.0 Å². The molecular weight excluding hydrogens is 424 g/mol. The van der Waals surface area contributed by atoms with Crippen molar-refractivity contribution in [2.24, 2.45) is 0 Å². The van der Waals surface area contributed by atoms with Gasteiger partial charge in [-0.3, -0.25) is 4.79 Å². The molecule has 9 heteroatoms. The summed E-state index contributed by atoms with van der Waals surface area (Å²) in [7, 11) is -0.737. The van der Waals surface area contributed by atoms with Crippen molar-refractivity contribution in [3.05, 3.63) is 45.1 Å². The summed E-state index contributed by atoms with van der Waals surface area (Å²) < 4.78 is 30.9. The maximum atomic E-state index is 12.4. The zero-order valence-electron chi connectivity index (χ0n) is 17.4. The molecule has 7 nitrogen and oxygen atoms in total. The highest BCUT2D eigenvalue weighted by molar-refractivity contribution is 7.89. The van der Waals surface area contributed by atoms with Crippen molar-refractivity contribution < 1.29 is 22.7 Å². The van der Waals surface area contributed by atoms with E-state index in [-0.39, 0.29) is 4.90 Å². The highest BCUT2D eigenvalue weighted by atomic mass is 32.2. The van der Waals surface area contributed by atoms with Gasteiger partial charge in [-0.15, -0.1) is 11.3 Å². The van der Waals surface area contributed by atoms with E-state index in [9.17, 15) is 18.0 Å². The van der Waals surface area contributed by atoms with Crippen LogP contribution in [0.2, 0.25) is 0 Å². The van der Waals surface area contributed by atoms with E-state index in [4.69, 9.17) is 4.74 Å². The summed E-state index contributed by atoms with van der Waals surface area (Å²) in [4.78, 5) is 26.5. The number of aryl methyl sites for hydroxylation is 3. The molecule has 162 valence electrons. The number of benzene rings is 1. The second-order valence-corrected chi connectivity index (χ2v) is 10.8. The van der Waals surface area contributed by atoms with Gasteiger partial charge in [-0.1, -0.05) is 12.5 Å². The Morgan fingerprint density at radius 1 is 1.13 bits per heavy atom. The second-order valence-electron chi connectivity index (χ2n) is 7.51. The third kappa shape index (κ3) is 5.08. The van der Waals surface area contributed by atoms with Crippen molar-refractivity contribution in [1.29, 1.82) is 0 Å². The van der Waals surface area contributed by atoms with E-state index in [2.05, 4.69) is 5.32 Å². The Labute approximate surface area is 181 Å². The maximum Gasteiger partial charge on any atom is 0.348 e. The summed E-state index contributed by atoms with van der Waals surface area (Å²) in [6.45, 7) is 1.32. The second kappa shape index (κ2) is 9.28. The van der Waals surface area contributed by atoms with Gasteiger partial charge in [-0.25, -0.2) is 17.5 Å². The molecule has 0 spiro atoms. The molecule has 3 rings (SSSR count). The number of carbonyl (C=O) groups excluding carboxylic acids is 2. The number of amides is 1. The van der Waals surface area contributed by atoms with Crippen molar-refractivity contribution in [1.82, 2.24) is 4.31 Å². The number of hydrogen-bond acceptors (Lipinski definition) is 6. The topological polar surface area (TPSA) is 92.8 Å². The van der Waals surface area contributed by atoms with Gasteiger partial charge in [0.2, 0.25) is 10.0 Å². The molecule has 30 heavy (non-hydrogen) atoms. The number of ether oxygens (including phenoxy) is 1. The smallest absolute Gasteiger partial charge is 0.348 e. The summed E-state index contributed by atoms with van der Waals surface area (Å²) in [5.41, 5.74) is 2.28. The maximum absolute atomic E-state index is 12.4. The Morgan fingerprint density at radius 2 is 1.87 bits per heavy atom. The molecule has 1 aliphatic rings. The number of nitrogens with one attached hydrogen (secondary N) is 1. The molecule has 1 aromatic heterocycles. The van der Waals surface area contributed by atoms with E-state index in [0.29, 0.717) is 16.1 Å². The lowest BCUT2D eigenvalue weighted by molar-refractivity contribution is -0.119. The van der Waals surface area contributed by atoms with Crippen LogP contribution in [0.25, 0.3) is 0 Å². The third-order valence-electron chi connectivity index (χ3n) is 5.04. The Hall–Kier alpha value is -2.23. The van der Waals surface area contributed by atoms with Crippen LogP contribution < -0.4 is 5.32 Å². The monoisotopic (exact) mass is 450 g/mol. The van der Waals surface area contributed by atoms with Gasteiger partial charge >= 0.3 is 5.97 Å². The molecule has 0 saturated heterocycles. The van der Waals surface area contributed by atoms with Crippen LogP contribution in [0.3, 0.4) is 0 Å². The first kappa shape index (κ1) is 22.5. The lowest BCUT2D eigenvalue weighted by Gasteiger charge is -2.14. The predicted molar refractivity (Wildman–Crippen MR) is 117 cm³/mol. The molecule has 0 unspecified atom stereocenters. The zero-order chi connectivity index (χ0) is 21.9. The summed E-state index contributed by atoms with van der Waals surface area (Å²) in [5.74, 6) is -1.03. The molecule has 0 saturated carbocycles. The van der Waals surface area contributed by atoms with E-state index in [1.807, 2.05) is 6.07 Å². The normalized spacial score (nSPS) is 14.1. The summed E-state index contributed by atoms with van der Waals surface area (Å²) in [6.07, 6.45) is 5.43. The predicted octanol–water partition coefficient (Wildman–Crippen LogP) is 3.37. The fraction of sp³-hybridized carbons (Fsp3) is 0.429. The molecule has 1 aliphatic carbocycles. The van der Waals surface area contributed by atoms with Gasteiger partial charge in [0.25, 0.3) is 5.91 Å². The minimum Gasteiger partial charge on any atom is -0.451 e. The quantitative estimate of drug-likeness (QED) is 0.538. The molecule has 2 aromatic rings. The molecule has 1 aromatic carbocycles. The fourth-order valence-corrected chi connectivity index (χ4v) is 5.34. The summed E-state index contributed by atoms with van der Waals surface area (Å²) in [6, 6.07) is 6.39. The number of esters is 1. The van der Waals surface area contributed by atoms with E-state index < -0.39 is 28.5 Å². The molecule has 1 heterocycles. The summed E-state index contributed by atoms with van der Waals surface area (Å²) >= 11 is 1.44. The van der Waals surface area contributed by atoms with Crippen molar-refractivity contribution in [2.45, 2.75) is 43.9 Å². The van der Waals surface area contributed by atoms with Crippen molar-refractivity contribution in [3.63, 3.8) is 0 Å². The Kier molecular flexibility index (Phi) is 6.95. The molecule has 0 fully saturated rings. The van der Waals surface area contributed by atoms with Crippen LogP contribution in [0.5, 0.6) is 0 Å². The minimum atomic E-state index is -3.62. The molecule has 0 bridgehead atoms. The van der Waals surface area contributed by atoms with Crippen molar-refractivity contribution >= 4 is 38.9 Å². The molecule has 1 N–H and O–H groups in total. The van der Waals surface area contributed by atoms with Crippen LogP contribution in [0.15, 0.2) is 29.2 Å². The van der Waals surface area contributed by atoms with Crippen LogP contribution in [-0.4, -0.2) is 45.3 Å². The number of hydrogen-bond donors (Lipinski definition) is 1. The standard InChI is InChI=1S/C21H26N2O5S2/c1-14-9-10-16(30(26,27)23(2)3)12-17(14)22-20(24)13-28-21(25)19-11-15-7-5-4-6-8-18(15)29-19/h9-12H,4-8,13H2,1-3H3,(H,22,24). The number of sulfonamides is 1. The van der Waals surface area contributed by atoms with E-state index in [1.165, 1.54) is 54.4 Å². The highest BCUT2D eigenvalue weighted by Crippen LogP contribution is 2.29. The Bertz CT molecular complexity index is 1030. The molecule has 0 atom stereocenters. The first-order chi connectivity index (χ1) is 14.2. The van der Waals surface area contributed by atoms with Crippen LogP contribution in [0.4, 0.5) is 5.69 Å². The van der Waals surface area contributed by atoms with Crippen LogP contribution >= 0.6 is 11.3 Å². The van der Waals surface area contributed by atoms with Crippen molar-refractivity contribution in [2.75, 3.05) is 26.0 Å². The lowest BCUT2D eigenvalue weighted by Crippen LogP contribution is -2.23. The van der Waals surface area contributed by atoms with Crippen molar-refractivity contribution in [3.8, 4) is 0 Å². The molecular formula is C21H26N2O5S2. The van der Waals surface area contributed by atoms with E-state index in [0.717, 1.165) is 30.0 Å². The van der Waals surface area contributed by atoms with Gasteiger partial charge in [0.05, 0.1) is 4.90 Å². The van der Waals surface area contributed by atoms with Gasteiger partial charge in [-0.05, 0) is 61.9 Å². The van der Waals surface area contributed by atoms with Gasteiger partial charge in [0.15, 0.2) is 6.61 Å².